The molecular weight excluding hydrogens is 294 g/mol. The molecule has 3 rings (SSSR count). The van der Waals surface area contributed by atoms with Gasteiger partial charge in [-0.15, -0.1) is 0 Å². The minimum atomic E-state index is 0.655. The lowest BCUT2D eigenvalue weighted by molar-refractivity contribution is 0.271. The predicted molar refractivity (Wildman–Crippen MR) is 82.5 cm³/mol. The van der Waals surface area contributed by atoms with Gasteiger partial charge >= 0.3 is 0 Å². The number of likely N-dealkylation sites (N-methyl/N-ethyl adjacent to an activating group) is 1. The maximum absolute atomic E-state index is 5.97. The van der Waals surface area contributed by atoms with E-state index in [0.29, 0.717) is 10.8 Å². The first-order valence-corrected chi connectivity index (χ1v) is 7.84. The van der Waals surface area contributed by atoms with E-state index in [9.17, 15) is 0 Å². The van der Waals surface area contributed by atoms with Gasteiger partial charge in [-0.3, -0.25) is 4.98 Å². The van der Waals surface area contributed by atoms with Crippen LogP contribution < -0.4 is 4.90 Å². The molecule has 2 aromatic rings. The molecule has 20 heavy (non-hydrogen) atoms. The summed E-state index contributed by atoms with van der Waals surface area (Å²) < 4.78 is 4.40. The van der Waals surface area contributed by atoms with E-state index in [1.807, 2.05) is 0 Å². The van der Waals surface area contributed by atoms with Crippen LogP contribution in [-0.4, -0.2) is 52.0 Å². The molecule has 1 fully saturated rings. The van der Waals surface area contributed by atoms with Gasteiger partial charge in [-0.2, -0.15) is 9.36 Å². The number of rotatable bonds is 3. The third-order valence-electron chi connectivity index (χ3n) is 3.46. The summed E-state index contributed by atoms with van der Waals surface area (Å²) in [5.41, 5.74) is 0.729. The van der Waals surface area contributed by atoms with E-state index in [4.69, 9.17) is 11.6 Å². The van der Waals surface area contributed by atoms with Crippen LogP contribution in [0.5, 0.6) is 0 Å². The molecule has 0 aromatic carbocycles. The first kappa shape index (κ1) is 13.7. The number of aromatic nitrogens is 3. The molecule has 0 aliphatic carbocycles. The normalized spacial score (nSPS) is 16.6. The average molecular weight is 310 g/mol. The van der Waals surface area contributed by atoms with Crippen LogP contribution in [0.25, 0.3) is 11.5 Å². The molecular formula is C13H16ClN5S. The lowest BCUT2D eigenvalue weighted by Gasteiger charge is -2.33. The zero-order valence-corrected chi connectivity index (χ0v) is 12.9. The number of hydrogen-bond donors (Lipinski definition) is 0. The van der Waals surface area contributed by atoms with Crippen molar-refractivity contribution >= 4 is 28.3 Å². The van der Waals surface area contributed by atoms with Crippen LogP contribution in [0, 0.1) is 0 Å². The molecule has 0 spiro atoms. The number of halogens is 1. The summed E-state index contributed by atoms with van der Waals surface area (Å²) in [5.74, 6) is 0.658. The molecule has 0 bridgehead atoms. The second-order valence-corrected chi connectivity index (χ2v) is 5.85. The van der Waals surface area contributed by atoms with Gasteiger partial charge in [0.2, 0.25) is 5.13 Å². The van der Waals surface area contributed by atoms with Gasteiger partial charge in [-0.05, 0) is 18.7 Å². The fourth-order valence-electron chi connectivity index (χ4n) is 2.23. The van der Waals surface area contributed by atoms with Gasteiger partial charge in [0.05, 0.1) is 0 Å². The highest BCUT2D eigenvalue weighted by Crippen LogP contribution is 2.24. The summed E-state index contributed by atoms with van der Waals surface area (Å²) in [6, 6.07) is 3.55. The van der Waals surface area contributed by atoms with Gasteiger partial charge in [-0.25, -0.2) is 0 Å². The summed E-state index contributed by atoms with van der Waals surface area (Å²) >= 11 is 7.40. The Morgan fingerprint density at radius 2 is 2.10 bits per heavy atom. The second-order valence-electron chi connectivity index (χ2n) is 4.68. The average Bonchev–Trinajstić information content (AvgIpc) is 2.97. The highest BCUT2D eigenvalue weighted by atomic mass is 35.5. The van der Waals surface area contributed by atoms with Crippen LogP contribution >= 0.6 is 23.1 Å². The van der Waals surface area contributed by atoms with Gasteiger partial charge in [0.25, 0.3) is 0 Å². The van der Waals surface area contributed by atoms with Crippen molar-refractivity contribution in [2.45, 2.75) is 6.92 Å². The first-order chi connectivity index (χ1) is 9.76. The minimum Gasteiger partial charge on any atom is -0.344 e. The number of nitrogens with zero attached hydrogens (tertiary/aromatic N) is 5. The fourth-order valence-corrected chi connectivity index (χ4v) is 3.12. The van der Waals surface area contributed by atoms with Crippen molar-refractivity contribution in [2.24, 2.45) is 0 Å². The highest BCUT2D eigenvalue weighted by molar-refractivity contribution is 7.09. The van der Waals surface area contributed by atoms with Gasteiger partial charge in [0.1, 0.15) is 5.69 Å². The molecule has 1 saturated heterocycles. The Morgan fingerprint density at radius 1 is 1.30 bits per heavy atom. The second kappa shape index (κ2) is 6.03. The molecule has 7 heteroatoms. The van der Waals surface area contributed by atoms with Crippen molar-refractivity contribution in [1.82, 2.24) is 19.2 Å². The van der Waals surface area contributed by atoms with Gasteiger partial charge in [-0.1, -0.05) is 18.5 Å². The Balaban J connectivity index is 1.74. The molecule has 2 aromatic heterocycles. The largest absolute Gasteiger partial charge is 0.344 e. The Bertz CT molecular complexity index is 580. The van der Waals surface area contributed by atoms with Crippen molar-refractivity contribution in [3.05, 3.63) is 23.4 Å². The third kappa shape index (κ3) is 2.92. The summed E-state index contributed by atoms with van der Waals surface area (Å²) in [4.78, 5) is 13.6. The minimum absolute atomic E-state index is 0.655. The quantitative estimate of drug-likeness (QED) is 0.871. The fraction of sp³-hybridized carbons (Fsp3) is 0.462. The molecule has 0 amide bonds. The zero-order chi connectivity index (χ0) is 13.9. The van der Waals surface area contributed by atoms with Crippen LogP contribution in [-0.2, 0) is 0 Å². The molecule has 1 aliphatic rings. The van der Waals surface area contributed by atoms with E-state index >= 15 is 0 Å². The highest BCUT2D eigenvalue weighted by Gasteiger charge is 2.19. The topological polar surface area (TPSA) is 45.2 Å². The standard InChI is InChI=1S/C13H16ClN5S/c1-2-18-5-7-19(8-6-18)13-16-12(17-20-13)11-9-10(14)3-4-15-11/h3-4,9H,2,5-8H2,1H3. The van der Waals surface area contributed by atoms with Crippen molar-refractivity contribution in [1.29, 1.82) is 0 Å². The molecule has 5 nitrogen and oxygen atoms in total. The Hall–Kier alpha value is -1.24. The van der Waals surface area contributed by atoms with Gasteiger partial charge in [0, 0.05) is 48.9 Å². The number of anilines is 1. The number of hydrogen-bond acceptors (Lipinski definition) is 6. The third-order valence-corrected chi connectivity index (χ3v) is 4.47. The molecule has 0 unspecified atom stereocenters. The maximum Gasteiger partial charge on any atom is 0.205 e. The number of piperazine rings is 1. The Morgan fingerprint density at radius 3 is 2.80 bits per heavy atom. The summed E-state index contributed by atoms with van der Waals surface area (Å²) in [5, 5.41) is 1.63. The molecule has 106 valence electrons. The van der Waals surface area contributed by atoms with E-state index in [-0.39, 0.29) is 0 Å². The van der Waals surface area contributed by atoms with E-state index in [0.717, 1.165) is 43.5 Å². The first-order valence-electron chi connectivity index (χ1n) is 6.69. The van der Waals surface area contributed by atoms with Gasteiger partial charge < -0.3 is 9.80 Å². The SMILES string of the molecule is CCN1CCN(c2nc(-c3cc(Cl)ccn3)ns2)CC1. The van der Waals surface area contributed by atoms with Crippen LogP contribution in [0.1, 0.15) is 6.92 Å². The Labute approximate surface area is 127 Å². The molecule has 0 saturated carbocycles. The molecule has 0 radical (unpaired) electrons. The van der Waals surface area contributed by atoms with E-state index in [1.165, 1.54) is 11.5 Å². The monoisotopic (exact) mass is 309 g/mol. The summed E-state index contributed by atoms with van der Waals surface area (Å²) in [7, 11) is 0. The van der Waals surface area contributed by atoms with Crippen LogP contribution in [0.15, 0.2) is 18.3 Å². The summed E-state index contributed by atoms with van der Waals surface area (Å²) in [6.45, 7) is 7.49. The lowest BCUT2D eigenvalue weighted by atomic mass is 10.3. The van der Waals surface area contributed by atoms with Crippen molar-refractivity contribution in [3.8, 4) is 11.5 Å². The van der Waals surface area contributed by atoms with Crippen LogP contribution in [0.2, 0.25) is 5.02 Å². The van der Waals surface area contributed by atoms with E-state index in [2.05, 4.69) is 31.1 Å². The lowest BCUT2D eigenvalue weighted by Crippen LogP contribution is -2.46. The molecule has 3 heterocycles. The number of pyridine rings is 1. The molecule has 0 atom stereocenters. The summed E-state index contributed by atoms with van der Waals surface area (Å²) in [6.07, 6.45) is 1.68. The predicted octanol–water partition coefficient (Wildman–Crippen LogP) is 2.40. The van der Waals surface area contributed by atoms with Gasteiger partial charge in [0.15, 0.2) is 5.82 Å². The van der Waals surface area contributed by atoms with E-state index < -0.39 is 0 Å². The zero-order valence-electron chi connectivity index (χ0n) is 11.3. The van der Waals surface area contributed by atoms with Crippen molar-refractivity contribution in [3.63, 3.8) is 0 Å². The van der Waals surface area contributed by atoms with E-state index in [1.54, 1.807) is 18.3 Å². The van der Waals surface area contributed by atoms with Crippen molar-refractivity contribution in [2.75, 3.05) is 37.6 Å². The van der Waals surface area contributed by atoms with Crippen LogP contribution in [0.3, 0.4) is 0 Å². The molecule has 1 aliphatic heterocycles. The smallest absolute Gasteiger partial charge is 0.205 e. The van der Waals surface area contributed by atoms with Crippen LogP contribution in [0.4, 0.5) is 5.13 Å². The maximum atomic E-state index is 5.97. The van der Waals surface area contributed by atoms with Crippen molar-refractivity contribution < 1.29 is 0 Å². The molecule has 0 N–H and O–H groups in total. The Kier molecular flexibility index (Phi) is 4.14.